The summed E-state index contributed by atoms with van der Waals surface area (Å²) in [4.78, 5) is 0. The zero-order valence-electron chi connectivity index (χ0n) is 8.09. The van der Waals surface area contributed by atoms with Crippen LogP contribution in [0.3, 0.4) is 0 Å². The molecule has 0 aliphatic heterocycles. The van der Waals surface area contributed by atoms with Gasteiger partial charge in [-0.25, -0.2) is 0 Å². The van der Waals surface area contributed by atoms with E-state index in [0.29, 0.717) is 12.7 Å². The number of ether oxygens (including phenoxy) is 2. The van der Waals surface area contributed by atoms with Gasteiger partial charge in [0.25, 0.3) is 0 Å². The summed E-state index contributed by atoms with van der Waals surface area (Å²) in [6, 6.07) is 0. The maximum atomic E-state index is 5.58. The van der Waals surface area contributed by atoms with Crippen molar-refractivity contribution in [1.82, 2.24) is 0 Å². The molecule has 2 unspecified atom stereocenters. The molecule has 0 radical (unpaired) electrons. The average molecular weight is 160 g/mol. The molecule has 2 atom stereocenters. The van der Waals surface area contributed by atoms with Crippen LogP contribution in [-0.2, 0) is 9.47 Å². The van der Waals surface area contributed by atoms with E-state index in [1.165, 1.54) is 0 Å². The molecule has 2 heteroatoms. The first-order valence-corrected chi connectivity index (χ1v) is 4.43. The molecule has 0 spiro atoms. The first kappa shape index (κ1) is 10.9. The van der Waals surface area contributed by atoms with E-state index in [0.717, 1.165) is 13.0 Å². The van der Waals surface area contributed by atoms with Crippen molar-refractivity contribution in [3.8, 4) is 0 Å². The van der Waals surface area contributed by atoms with Crippen LogP contribution < -0.4 is 0 Å². The molecule has 0 heterocycles. The molecule has 11 heavy (non-hydrogen) atoms. The Bertz CT molecular complexity index is 83.6. The van der Waals surface area contributed by atoms with Crippen molar-refractivity contribution in [2.24, 2.45) is 0 Å². The van der Waals surface area contributed by atoms with Crippen molar-refractivity contribution >= 4 is 0 Å². The van der Waals surface area contributed by atoms with Crippen LogP contribution in [0.15, 0.2) is 0 Å². The van der Waals surface area contributed by atoms with Crippen molar-refractivity contribution in [2.75, 3.05) is 13.2 Å². The van der Waals surface area contributed by atoms with Crippen LogP contribution in [0, 0.1) is 0 Å². The molecule has 0 N–H and O–H groups in total. The molecular weight excluding hydrogens is 140 g/mol. The van der Waals surface area contributed by atoms with E-state index in [2.05, 4.69) is 13.8 Å². The summed E-state index contributed by atoms with van der Waals surface area (Å²) in [6.45, 7) is 9.73. The minimum atomic E-state index is 0.227. The topological polar surface area (TPSA) is 18.5 Å². The van der Waals surface area contributed by atoms with Crippen molar-refractivity contribution < 1.29 is 9.47 Å². The van der Waals surface area contributed by atoms with E-state index < -0.39 is 0 Å². The van der Waals surface area contributed by atoms with Gasteiger partial charge in [0.2, 0.25) is 0 Å². The second kappa shape index (κ2) is 6.62. The van der Waals surface area contributed by atoms with Gasteiger partial charge in [-0.05, 0) is 27.2 Å². The predicted octanol–water partition coefficient (Wildman–Crippen LogP) is 2.23. The zero-order valence-corrected chi connectivity index (χ0v) is 8.09. The molecule has 0 aliphatic carbocycles. The van der Waals surface area contributed by atoms with Crippen molar-refractivity contribution in [3.05, 3.63) is 0 Å². The summed E-state index contributed by atoms with van der Waals surface area (Å²) < 4.78 is 10.8. The third kappa shape index (κ3) is 6.32. The van der Waals surface area contributed by atoms with Gasteiger partial charge in [0.15, 0.2) is 0 Å². The van der Waals surface area contributed by atoms with Crippen LogP contribution >= 0.6 is 0 Å². The fourth-order valence-electron chi connectivity index (χ4n) is 0.816. The lowest BCUT2D eigenvalue weighted by Crippen LogP contribution is -2.21. The van der Waals surface area contributed by atoms with E-state index in [9.17, 15) is 0 Å². The van der Waals surface area contributed by atoms with Crippen LogP contribution in [0.5, 0.6) is 0 Å². The molecule has 0 amide bonds. The lowest BCUT2D eigenvalue weighted by atomic mass is 10.3. The van der Waals surface area contributed by atoms with Gasteiger partial charge in [-0.2, -0.15) is 0 Å². The van der Waals surface area contributed by atoms with Gasteiger partial charge >= 0.3 is 0 Å². The predicted molar refractivity (Wildman–Crippen MR) is 46.8 cm³/mol. The van der Waals surface area contributed by atoms with E-state index in [1.807, 2.05) is 13.8 Å². The van der Waals surface area contributed by atoms with Gasteiger partial charge in [0.1, 0.15) is 0 Å². The Balaban J connectivity index is 3.27. The monoisotopic (exact) mass is 160 g/mol. The summed E-state index contributed by atoms with van der Waals surface area (Å²) >= 11 is 0. The van der Waals surface area contributed by atoms with Crippen LogP contribution in [0.1, 0.15) is 34.1 Å². The molecule has 0 saturated heterocycles. The molecular formula is C9H20O2. The molecule has 0 aromatic carbocycles. The Kier molecular flexibility index (Phi) is 6.57. The molecule has 2 nitrogen and oxygen atoms in total. The maximum absolute atomic E-state index is 5.58. The molecule has 0 rings (SSSR count). The van der Waals surface area contributed by atoms with Gasteiger partial charge in [-0.1, -0.05) is 6.92 Å². The SMILES string of the molecule is CCOCC(C)OC(C)CC. The van der Waals surface area contributed by atoms with Crippen LogP contribution in [0.4, 0.5) is 0 Å². The molecule has 0 saturated carbocycles. The average Bonchev–Trinajstić information content (AvgIpc) is 2.00. The Morgan fingerprint density at radius 2 is 1.73 bits per heavy atom. The van der Waals surface area contributed by atoms with Gasteiger partial charge in [-0.15, -0.1) is 0 Å². The highest BCUT2D eigenvalue weighted by Crippen LogP contribution is 2.01. The first-order valence-electron chi connectivity index (χ1n) is 4.43. The lowest BCUT2D eigenvalue weighted by molar-refractivity contribution is -0.0401. The minimum absolute atomic E-state index is 0.227. The lowest BCUT2D eigenvalue weighted by Gasteiger charge is -2.17. The molecule has 0 aromatic rings. The fraction of sp³-hybridized carbons (Fsp3) is 1.00. The summed E-state index contributed by atoms with van der Waals surface area (Å²) in [7, 11) is 0. The molecule has 0 aromatic heterocycles. The third-order valence-electron chi connectivity index (χ3n) is 1.60. The standard InChI is InChI=1S/C9H20O2/c1-5-8(3)11-9(4)7-10-6-2/h8-9H,5-7H2,1-4H3. The van der Waals surface area contributed by atoms with Gasteiger partial charge in [-0.3, -0.25) is 0 Å². The Morgan fingerprint density at radius 3 is 2.18 bits per heavy atom. The third-order valence-corrected chi connectivity index (χ3v) is 1.60. The van der Waals surface area contributed by atoms with Gasteiger partial charge < -0.3 is 9.47 Å². The van der Waals surface area contributed by atoms with Crippen LogP contribution in [0.2, 0.25) is 0 Å². The number of rotatable bonds is 6. The van der Waals surface area contributed by atoms with Gasteiger partial charge in [0.05, 0.1) is 18.8 Å². The van der Waals surface area contributed by atoms with Crippen LogP contribution in [-0.4, -0.2) is 25.4 Å². The summed E-state index contributed by atoms with van der Waals surface area (Å²) in [5.74, 6) is 0. The van der Waals surface area contributed by atoms with E-state index in [4.69, 9.17) is 9.47 Å². The second-order valence-corrected chi connectivity index (χ2v) is 2.83. The van der Waals surface area contributed by atoms with Crippen LogP contribution in [0.25, 0.3) is 0 Å². The first-order chi connectivity index (χ1) is 5.20. The highest BCUT2D eigenvalue weighted by atomic mass is 16.5. The van der Waals surface area contributed by atoms with E-state index in [-0.39, 0.29) is 6.10 Å². The molecule has 0 aliphatic rings. The van der Waals surface area contributed by atoms with Crippen molar-refractivity contribution in [2.45, 2.75) is 46.3 Å². The van der Waals surface area contributed by atoms with Crippen molar-refractivity contribution in [1.29, 1.82) is 0 Å². The van der Waals surface area contributed by atoms with Gasteiger partial charge in [0, 0.05) is 6.61 Å². The largest absolute Gasteiger partial charge is 0.379 e. The maximum Gasteiger partial charge on any atom is 0.0784 e. The Hall–Kier alpha value is -0.0800. The normalized spacial score (nSPS) is 16.4. The minimum Gasteiger partial charge on any atom is -0.379 e. The summed E-state index contributed by atoms with van der Waals surface area (Å²) in [5.41, 5.74) is 0. The smallest absolute Gasteiger partial charge is 0.0784 e. The number of hydrogen-bond donors (Lipinski definition) is 0. The number of hydrogen-bond acceptors (Lipinski definition) is 2. The molecule has 0 bridgehead atoms. The fourth-order valence-corrected chi connectivity index (χ4v) is 0.816. The quantitative estimate of drug-likeness (QED) is 0.593. The molecule has 68 valence electrons. The Labute approximate surface area is 69.9 Å². The molecule has 0 fully saturated rings. The zero-order chi connectivity index (χ0) is 8.69. The van der Waals surface area contributed by atoms with Crippen molar-refractivity contribution in [3.63, 3.8) is 0 Å². The summed E-state index contributed by atoms with van der Waals surface area (Å²) in [6.07, 6.45) is 1.64. The summed E-state index contributed by atoms with van der Waals surface area (Å²) in [5, 5.41) is 0. The highest BCUT2D eigenvalue weighted by molar-refractivity contribution is 4.52. The highest BCUT2D eigenvalue weighted by Gasteiger charge is 2.05. The second-order valence-electron chi connectivity index (χ2n) is 2.83. The van der Waals surface area contributed by atoms with E-state index >= 15 is 0 Å². The van der Waals surface area contributed by atoms with E-state index in [1.54, 1.807) is 0 Å². The Morgan fingerprint density at radius 1 is 1.09 bits per heavy atom.